The lowest BCUT2D eigenvalue weighted by molar-refractivity contribution is -0.524. The van der Waals surface area contributed by atoms with Crippen molar-refractivity contribution in [3.05, 3.63) is 0 Å². The Kier molecular flexibility index (Phi) is 7.85. The second-order valence-corrected chi connectivity index (χ2v) is 3.88. The zero-order valence-electron chi connectivity index (χ0n) is 10.7. The van der Waals surface area contributed by atoms with Gasteiger partial charge in [0.25, 0.3) is 0 Å². The Morgan fingerprint density at radius 3 is 2.59 bits per heavy atom. The van der Waals surface area contributed by atoms with Crippen molar-refractivity contribution < 1.29 is 4.58 Å². The standard InChI is InChI=1S/C10H25N7/c1-2-10-16-3-4-17(10)9-15-8-14-7-13-6-12-5-11/h12-15H,2-9,11H2,1H3/p+1. The summed E-state index contributed by atoms with van der Waals surface area (Å²) in [5, 5.41) is 16.1. The lowest BCUT2D eigenvalue weighted by Gasteiger charge is -2.09. The van der Waals surface area contributed by atoms with Crippen LogP contribution in [0.1, 0.15) is 13.3 Å². The average molecular weight is 244 g/mol. The van der Waals surface area contributed by atoms with Gasteiger partial charge in [0.15, 0.2) is 0 Å². The molecule has 7 nitrogen and oxygen atoms in total. The minimum atomic E-state index is 0.503. The van der Waals surface area contributed by atoms with E-state index in [9.17, 15) is 0 Å². The predicted octanol–water partition coefficient (Wildman–Crippen LogP) is -2.48. The van der Waals surface area contributed by atoms with Crippen LogP contribution in [-0.4, -0.2) is 56.8 Å². The van der Waals surface area contributed by atoms with E-state index in [0.29, 0.717) is 6.67 Å². The Balaban J connectivity index is 1.94. The molecule has 0 aromatic heterocycles. The molecule has 1 rings (SSSR count). The van der Waals surface area contributed by atoms with Crippen LogP contribution in [0.3, 0.4) is 0 Å². The Bertz CT molecular complexity index is 229. The molecular weight excluding hydrogens is 218 g/mol. The molecule has 7 heteroatoms. The number of hydrogen-bond acceptors (Lipinski definition) is 6. The topological polar surface area (TPSA) is 89.2 Å². The van der Waals surface area contributed by atoms with Gasteiger partial charge in [-0.15, -0.1) is 0 Å². The van der Waals surface area contributed by atoms with Crippen LogP contribution in [0.25, 0.3) is 0 Å². The number of nitrogens with zero attached hydrogens (tertiary/aromatic N) is 1. The molecule has 0 aliphatic carbocycles. The van der Waals surface area contributed by atoms with Crippen LogP contribution < -0.4 is 32.3 Å². The van der Waals surface area contributed by atoms with Gasteiger partial charge in [-0.3, -0.25) is 26.6 Å². The second kappa shape index (κ2) is 9.32. The van der Waals surface area contributed by atoms with Gasteiger partial charge < -0.3 is 5.73 Å². The molecule has 0 unspecified atom stereocenters. The molecule has 1 aliphatic rings. The van der Waals surface area contributed by atoms with Gasteiger partial charge in [-0.2, -0.15) is 0 Å². The first-order valence-electron chi connectivity index (χ1n) is 6.26. The highest BCUT2D eigenvalue weighted by Gasteiger charge is 2.17. The molecule has 0 bridgehead atoms. The van der Waals surface area contributed by atoms with Crippen molar-refractivity contribution in [3.8, 4) is 0 Å². The normalized spacial score (nSPS) is 15.4. The van der Waals surface area contributed by atoms with E-state index in [1.54, 1.807) is 0 Å². The summed E-state index contributed by atoms with van der Waals surface area (Å²) >= 11 is 0. The van der Waals surface area contributed by atoms with Crippen LogP contribution in [0.15, 0.2) is 0 Å². The van der Waals surface area contributed by atoms with Crippen LogP contribution in [-0.2, 0) is 0 Å². The van der Waals surface area contributed by atoms with Crippen molar-refractivity contribution in [3.63, 3.8) is 0 Å². The smallest absolute Gasteiger partial charge is 0.245 e. The van der Waals surface area contributed by atoms with Gasteiger partial charge >= 0.3 is 0 Å². The molecule has 0 spiro atoms. The van der Waals surface area contributed by atoms with Crippen LogP contribution in [0.5, 0.6) is 0 Å². The van der Waals surface area contributed by atoms with Crippen molar-refractivity contribution in [2.24, 2.45) is 5.73 Å². The lowest BCUT2D eigenvalue weighted by Crippen LogP contribution is -2.42. The van der Waals surface area contributed by atoms with E-state index in [-0.39, 0.29) is 0 Å². The van der Waals surface area contributed by atoms with E-state index in [2.05, 4.69) is 38.1 Å². The van der Waals surface area contributed by atoms with E-state index < -0.39 is 0 Å². The maximum Gasteiger partial charge on any atom is 0.245 e. The van der Waals surface area contributed by atoms with Gasteiger partial charge in [-0.05, 0) is 0 Å². The first kappa shape index (κ1) is 14.3. The summed E-state index contributed by atoms with van der Waals surface area (Å²) in [6.45, 7) is 8.01. The summed E-state index contributed by atoms with van der Waals surface area (Å²) in [4.78, 5) is 0. The lowest BCUT2D eigenvalue weighted by atomic mass is 10.4. The third kappa shape index (κ3) is 5.94. The number of rotatable bonds is 10. The number of nitrogens with one attached hydrogen (secondary N) is 5. The Morgan fingerprint density at radius 1 is 1.18 bits per heavy atom. The average Bonchev–Trinajstić information content (AvgIpc) is 2.80. The molecule has 7 N–H and O–H groups in total. The van der Waals surface area contributed by atoms with Gasteiger partial charge in [-0.1, -0.05) is 6.92 Å². The Morgan fingerprint density at radius 2 is 1.88 bits per heavy atom. The van der Waals surface area contributed by atoms with E-state index >= 15 is 0 Å². The fourth-order valence-corrected chi connectivity index (χ4v) is 1.76. The van der Waals surface area contributed by atoms with E-state index in [0.717, 1.165) is 46.2 Å². The van der Waals surface area contributed by atoms with Gasteiger partial charge in [0.05, 0.1) is 0 Å². The van der Waals surface area contributed by atoms with Crippen molar-refractivity contribution >= 4 is 5.84 Å². The van der Waals surface area contributed by atoms with Crippen molar-refractivity contribution in [1.82, 2.24) is 26.6 Å². The zero-order chi connectivity index (χ0) is 12.3. The van der Waals surface area contributed by atoms with E-state index in [4.69, 9.17) is 5.73 Å². The molecule has 0 aromatic rings. The number of hydrogen-bond donors (Lipinski definition) is 6. The molecule has 17 heavy (non-hydrogen) atoms. The monoisotopic (exact) mass is 244 g/mol. The summed E-state index contributed by atoms with van der Waals surface area (Å²) in [7, 11) is 0. The summed E-state index contributed by atoms with van der Waals surface area (Å²) in [5.74, 6) is 1.34. The fourth-order valence-electron chi connectivity index (χ4n) is 1.76. The maximum absolute atomic E-state index is 5.29. The summed E-state index contributed by atoms with van der Waals surface area (Å²) < 4.78 is 2.34. The molecule has 0 saturated heterocycles. The molecule has 0 saturated carbocycles. The van der Waals surface area contributed by atoms with Crippen LogP contribution >= 0.6 is 0 Å². The predicted molar refractivity (Wildman–Crippen MR) is 69.5 cm³/mol. The van der Waals surface area contributed by atoms with E-state index in [1.165, 1.54) is 5.84 Å². The van der Waals surface area contributed by atoms with Crippen LogP contribution in [0, 0.1) is 0 Å². The first-order chi connectivity index (χ1) is 8.38. The molecule has 1 aliphatic heterocycles. The van der Waals surface area contributed by atoms with Gasteiger partial charge in [0.2, 0.25) is 5.84 Å². The fraction of sp³-hybridized carbons (Fsp3) is 0.900. The van der Waals surface area contributed by atoms with E-state index in [1.807, 2.05) is 0 Å². The molecule has 1 heterocycles. The van der Waals surface area contributed by atoms with Crippen molar-refractivity contribution in [2.45, 2.75) is 13.3 Å². The zero-order valence-corrected chi connectivity index (χ0v) is 10.7. The minimum Gasteiger partial charge on any atom is -0.318 e. The Hall–Kier alpha value is -0.730. The van der Waals surface area contributed by atoms with Gasteiger partial charge in [0, 0.05) is 33.1 Å². The largest absolute Gasteiger partial charge is 0.318 e. The number of amidine groups is 1. The minimum absolute atomic E-state index is 0.503. The summed E-state index contributed by atoms with van der Waals surface area (Å²) in [6, 6.07) is 0. The van der Waals surface area contributed by atoms with Gasteiger partial charge in [0.1, 0.15) is 19.8 Å². The molecular formula is C10H26N7+. The second-order valence-electron chi connectivity index (χ2n) is 3.88. The molecule has 0 radical (unpaired) electrons. The quantitative estimate of drug-likeness (QED) is 0.145. The molecule has 0 atom stereocenters. The summed E-state index contributed by atoms with van der Waals surface area (Å²) in [5.41, 5.74) is 5.29. The molecule has 0 aromatic carbocycles. The molecule has 0 fully saturated rings. The van der Waals surface area contributed by atoms with Crippen molar-refractivity contribution in [2.75, 3.05) is 46.4 Å². The molecule has 100 valence electrons. The van der Waals surface area contributed by atoms with Crippen molar-refractivity contribution in [1.29, 1.82) is 0 Å². The molecule has 0 amide bonds. The highest BCUT2D eigenvalue weighted by molar-refractivity contribution is 5.77. The van der Waals surface area contributed by atoms with Crippen LogP contribution in [0.2, 0.25) is 0 Å². The van der Waals surface area contributed by atoms with Gasteiger partial charge in [-0.25, -0.2) is 4.58 Å². The SMILES string of the molecule is CCC1=[N+](CNCNCNCNCN)CCN1. The van der Waals surface area contributed by atoms with Crippen LogP contribution in [0.4, 0.5) is 0 Å². The highest BCUT2D eigenvalue weighted by atomic mass is 15.3. The number of nitrogens with two attached hydrogens (primary N) is 1. The Labute approximate surface area is 103 Å². The summed E-state index contributed by atoms with van der Waals surface area (Å²) in [6.07, 6.45) is 1.07. The third-order valence-corrected chi connectivity index (χ3v) is 2.62. The first-order valence-corrected chi connectivity index (χ1v) is 6.26. The maximum atomic E-state index is 5.29. The third-order valence-electron chi connectivity index (χ3n) is 2.62. The highest BCUT2D eigenvalue weighted by Crippen LogP contribution is 1.89.